The van der Waals surface area contributed by atoms with E-state index in [4.69, 9.17) is 0 Å². The number of sulfone groups is 1. The number of carbonyl (C=O) groups excluding carboxylic acids is 2. The molecule has 2 fully saturated rings. The molecule has 6 nitrogen and oxygen atoms in total. The molecule has 2 rings (SSSR count). The highest BCUT2D eigenvalue weighted by Crippen LogP contribution is 2.41. The Morgan fingerprint density at radius 2 is 1.95 bits per heavy atom. The molecule has 1 saturated carbocycles. The topological polar surface area (TPSA) is 83.6 Å². The summed E-state index contributed by atoms with van der Waals surface area (Å²) in [7, 11) is -3.03. The van der Waals surface area contributed by atoms with Crippen LogP contribution in [0.3, 0.4) is 0 Å². The third-order valence-electron chi connectivity index (χ3n) is 4.43. The van der Waals surface area contributed by atoms with Gasteiger partial charge in [-0.2, -0.15) is 0 Å². The number of hydrogen-bond donors (Lipinski definition) is 1. The molecule has 0 aromatic carbocycles. The summed E-state index contributed by atoms with van der Waals surface area (Å²) in [4.78, 5) is 26.5. The van der Waals surface area contributed by atoms with E-state index in [2.05, 4.69) is 5.32 Å². The maximum Gasteiger partial charge on any atom is 0.248 e. The van der Waals surface area contributed by atoms with E-state index in [-0.39, 0.29) is 35.9 Å². The van der Waals surface area contributed by atoms with Gasteiger partial charge in [0.05, 0.1) is 5.75 Å². The van der Waals surface area contributed by atoms with Gasteiger partial charge in [0.1, 0.15) is 15.4 Å². The molecule has 21 heavy (non-hydrogen) atoms. The molecule has 2 amide bonds. The van der Waals surface area contributed by atoms with Crippen molar-refractivity contribution in [1.29, 1.82) is 0 Å². The van der Waals surface area contributed by atoms with Crippen molar-refractivity contribution in [1.82, 2.24) is 10.2 Å². The SMILES string of the molecule is CC1CC(=O)NC(C)(C2CC2)C(=O)N1CCCS(C)(=O)=O. The van der Waals surface area contributed by atoms with Gasteiger partial charge in [0.2, 0.25) is 11.8 Å². The fourth-order valence-corrected chi connectivity index (χ4v) is 3.68. The van der Waals surface area contributed by atoms with Crippen LogP contribution in [-0.2, 0) is 19.4 Å². The lowest BCUT2D eigenvalue weighted by atomic mass is 9.94. The molecule has 0 aromatic heterocycles. The third kappa shape index (κ3) is 3.75. The molecule has 120 valence electrons. The van der Waals surface area contributed by atoms with E-state index < -0.39 is 15.4 Å². The van der Waals surface area contributed by atoms with Crippen LogP contribution < -0.4 is 5.32 Å². The van der Waals surface area contributed by atoms with Gasteiger partial charge < -0.3 is 10.2 Å². The van der Waals surface area contributed by atoms with E-state index in [1.54, 1.807) is 11.8 Å². The van der Waals surface area contributed by atoms with Crippen molar-refractivity contribution in [3.63, 3.8) is 0 Å². The van der Waals surface area contributed by atoms with Crippen molar-refractivity contribution >= 4 is 21.7 Å². The monoisotopic (exact) mass is 316 g/mol. The molecular formula is C14H24N2O4S. The molecule has 2 aliphatic rings. The molecule has 0 spiro atoms. The molecule has 0 aromatic rings. The number of nitrogens with zero attached hydrogens (tertiary/aromatic N) is 1. The van der Waals surface area contributed by atoms with E-state index in [0.29, 0.717) is 13.0 Å². The molecule has 0 radical (unpaired) electrons. The highest BCUT2D eigenvalue weighted by molar-refractivity contribution is 7.90. The Balaban J connectivity index is 2.13. The van der Waals surface area contributed by atoms with Crippen LogP contribution in [0.5, 0.6) is 0 Å². The van der Waals surface area contributed by atoms with Crippen LogP contribution in [0.4, 0.5) is 0 Å². The van der Waals surface area contributed by atoms with Gasteiger partial charge in [-0.1, -0.05) is 0 Å². The molecule has 7 heteroatoms. The minimum Gasteiger partial charge on any atom is -0.342 e. The summed E-state index contributed by atoms with van der Waals surface area (Å²) in [5.74, 6) is 0.0924. The molecule has 1 saturated heterocycles. The minimum atomic E-state index is -3.03. The van der Waals surface area contributed by atoms with Crippen molar-refractivity contribution in [2.24, 2.45) is 5.92 Å². The fourth-order valence-electron chi connectivity index (χ4n) is 3.03. The molecule has 1 aliphatic heterocycles. The van der Waals surface area contributed by atoms with Gasteiger partial charge in [-0.3, -0.25) is 9.59 Å². The van der Waals surface area contributed by atoms with Crippen LogP contribution >= 0.6 is 0 Å². The van der Waals surface area contributed by atoms with E-state index in [0.717, 1.165) is 12.8 Å². The maximum absolute atomic E-state index is 12.8. The Labute approximate surface area is 126 Å². The van der Waals surface area contributed by atoms with Gasteiger partial charge in [-0.25, -0.2) is 8.42 Å². The summed E-state index contributed by atoms with van der Waals surface area (Å²) >= 11 is 0. The Morgan fingerprint density at radius 3 is 2.48 bits per heavy atom. The van der Waals surface area contributed by atoms with Crippen molar-refractivity contribution < 1.29 is 18.0 Å². The summed E-state index contributed by atoms with van der Waals surface area (Å²) in [5.41, 5.74) is -0.826. The quantitative estimate of drug-likeness (QED) is 0.792. The Morgan fingerprint density at radius 1 is 1.33 bits per heavy atom. The first-order valence-electron chi connectivity index (χ1n) is 7.43. The Kier molecular flexibility index (Phi) is 4.33. The van der Waals surface area contributed by atoms with Crippen molar-refractivity contribution in [2.75, 3.05) is 18.6 Å². The summed E-state index contributed by atoms with van der Waals surface area (Å²) in [6.07, 6.45) is 3.78. The van der Waals surface area contributed by atoms with Crippen LogP contribution in [0.25, 0.3) is 0 Å². The third-order valence-corrected chi connectivity index (χ3v) is 5.46. The van der Waals surface area contributed by atoms with Gasteiger partial charge >= 0.3 is 0 Å². The molecule has 2 unspecified atom stereocenters. The highest BCUT2D eigenvalue weighted by Gasteiger charge is 2.52. The first kappa shape index (κ1) is 16.3. The summed E-state index contributed by atoms with van der Waals surface area (Å²) in [6.45, 7) is 4.02. The second-order valence-corrected chi connectivity index (χ2v) is 8.82. The zero-order valence-corrected chi connectivity index (χ0v) is 13.7. The minimum absolute atomic E-state index is 0.0605. The van der Waals surface area contributed by atoms with Gasteiger partial charge in [-0.15, -0.1) is 0 Å². The van der Waals surface area contributed by atoms with Gasteiger partial charge in [0.25, 0.3) is 0 Å². The second kappa shape index (κ2) is 5.59. The lowest BCUT2D eigenvalue weighted by molar-refractivity contribution is -0.140. The molecule has 1 aliphatic carbocycles. The molecule has 2 atom stereocenters. The Hall–Kier alpha value is -1.11. The smallest absolute Gasteiger partial charge is 0.248 e. The van der Waals surface area contributed by atoms with E-state index in [1.807, 2.05) is 6.92 Å². The Bertz CT molecular complexity index is 541. The van der Waals surface area contributed by atoms with Crippen LogP contribution in [0.15, 0.2) is 0 Å². The summed E-state index contributed by atoms with van der Waals surface area (Å²) in [5, 5.41) is 2.89. The number of rotatable bonds is 5. The van der Waals surface area contributed by atoms with E-state index in [1.165, 1.54) is 6.26 Å². The van der Waals surface area contributed by atoms with E-state index >= 15 is 0 Å². The second-order valence-electron chi connectivity index (χ2n) is 6.56. The molecule has 1 heterocycles. The standard InChI is InChI=1S/C14H24N2O4S/c1-10-9-12(17)15-14(2,11-5-6-11)13(18)16(10)7-4-8-21(3,19)20/h10-11H,4-9H2,1-3H3,(H,15,17). The fraction of sp³-hybridized carbons (Fsp3) is 0.857. The van der Waals surface area contributed by atoms with Gasteiger partial charge in [0.15, 0.2) is 0 Å². The maximum atomic E-state index is 12.8. The average Bonchev–Trinajstić information content (AvgIpc) is 3.15. The predicted octanol–water partition coefficient (Wildman–Crippen LogP) is 0.327. The first-order chi connectivity index (χ1) is 9.63. The molecule has 1 N–H and O–H groups in total. The lowest BCUT2D eigenvalue weighted by Gasteiger charge is -2.34. The van der Waals surface area contributed by atoms with E-state index in [9.17, 15) is 18.0 Å². The number of carbonyl (C=O) groups is 2. The van der Waals surface area contributed by atoms with Gasteiger partial charge in [-0.05, 0) is 39.0 Å². The van der Waals surface area contributed by atoms with Crippen molar-refractivity contribution in [3.05, 3.63) is 0 Å². The van der Waals surface area contributed by atoms with Crippen LogP contribution in [0, 0.1) is 5.92 Å². The number of nitrogens with one attached hydrogen (secondary N) is 1. The summed E-state index contributed by atoms with van der Waals surface area (Å²) < 4.78 is 22.5. The van der Waals surface area contributed by atoms with Crippen LogP contribution in [0.2, 0.25) is 0 Å². The van der Waals surface area contributed by atoms with Crippen LogP contribution in [0.1, 0.15) is 39.5 Å². The zero-order chi connectivity index (χ0) is 15.8. The normalized spacial score (nSPS) is 31.0. The van der Waals surface area contributed by atoms with Gasteiger partial charge in [0, 0.05) is 25.3 Å². The summed E-state index contributed by atoms with van der Waals surface area (Å²) in [6, 6.07) is -0.197. The number of amides is 2. The van der Waals surface area contributed by atoms with Crippen molar-refractivity contribution in [3.8, 4) is 0 Å². The molecule has 0 bridgehead atoms. The first-order valence-corrected chi connectivity index (χ1v) is 9.49. The predicted molar refractivity (Wildman–Crippen MR) is 79.4 cm³/mol. The zero-order valence-electron chi connectivity index (χ0n) is 12.9. The largest absolute Gasteiger partial charge is 0.342 e. The number of hydrogen-bond acceptors (Lipinski definition) is 4. The van der Waals surface area contributed by atoms with Crippen LogP contribution in [-0.4, -0.2) is 55.3 Å². The molecular weight excluding hydrogens is 292 g/mol. The highest BCUT2D eigenvalue weighted by atomic mass is 32.2. The lowest BCUT2D eigenvalue weighted by Crippen LogP contribution is -2.57. The van der Waals surface area contributed by atoms with Crippen molar-refractivity contribution in [2.45, 2.75) is 51.1 Å². The average molecular weight is 316 g/mol.